The van der Waals surface area contributed by atoms with Crippen molar-refractivity contribution >= 4 is 0 Å². The quantitative estimate of drug-likeness (QED) is 0.801. The van der Waals surface area contributed by atoms with Crippen LogP contribution in [0.5, 0.6) is 5.75 Å². The van der Waals surface area contributed by atoms with Crippen molar-refractivity contribution in [3.05, 3.63) is 42.2 Å². The van der Waals surface area contributed by atoms with Crippen LogP contribution in [0.25, 0.3) is 0 Å². The van der Waals surface area contributed by atoms with E-state index >= 15 is 0 Å². The number of hydrogen-bond acceptors (Lipinski definition) is 2. The number of rotatable bonds is 4. The summed E-state index contributed by atoms with van der Waals surface area (Å²) in [6, 6.07) is 7.31. The van der Waals surface area contributed by atoms with Gasteiger partial charge in [-0.15, -0.1) is 0 Å². The molecular formula is C15H22O2. The van der Waals surface area contributed by atoms with E-state index in [1.165, 1.54) is 0 Å². The minimum absolute atomic E-state index is 0.204. The third-order valence-electron chi connectivity index (χ3n) is 2.44. The van der Waals surface area contributed by atoms with Crippen molar-refractivity contribution in [2.75, 3.05) is 0 Å². The van der Waals surface area contributed by atoms with Crippen LogP contribution < -0.4 is 0 Å². The largest absolute Gasteiger partial charge is 0.508 e. The van der Waals surface area contributed by atoms with Crippen LogP contribution in [0.15, 0.2) is 36.6 Å². The van der Waals surface area contributed by atoms with Crippen molar-refractivity contribution in [3.8, 4) is 5.75 Å². The molecule has 1 N–H and O–H groups in total. The van der Waals surface area contributed by atoms with Gasteiger partial charge in [0.25, 0.3) is 0 Å². The fourth-order valence-electron chi connectivity index (χ4n) is 1.64. The molecule has 0 spiro atoms. The highest BCUT2D eigenvalue weighted by Gasteiger charge is 2.17. The zero-order chi connectivity index (χ0) is 13.1. The number of phenolic OH excluding ortho intramolecular Hbond substituents is 1. The molecule has 0 aliphatic rings. The van der Waals surface area contributed by atoms with Gasteiger partial charge >= 0.3 is 0 Å². The summed E-state index contributed by atoms with van der Waals surface area (Å²) in [7, 11) is 0. The van der Waals surface area contributed by atoms with E-state index in [0.29, 0.717) is 5.75 Å². The fraction of sp³-hybridized carbons (Fsp3) is 0.467. The summed E-state index contributed by atoms with van der Waals surface area (Å²) in [4.78, 5) is 0. The molecule has 0 aliphatic heterocycles. The first-order valence-corrected chi connectivity index (χ1v) is 5.93. The third kappa shape index (κ3) is 4.94. The van der Waals surface area contributed by atoms with E-state index in [1.807, 2.05) is 32.9 Å². The molecule has 1 atom stereocenters. The Labute approximate surface area is 104 Å². The van der Waals surface area contributed by atoms with E-state index in [0.717, 1.165) is 17.7 Å². The summed E-state index contributed by atoms with van der Waals surface area (Å²) in [5, 5.41) is 9.40. The van der Waals surface area contributed by atoms with Crippen LogP contribution in [-0.2, 0) is 11.2 Å². The molecule has 0 fully saturated rings. The molecule has 1 unspecified atom stereocenters. The van der Waals surface area contributed by atoms with Crippen LogP contribution in [-0.4, -0.2) is 10.7 Å². The van der Waals surface area contributed by atoms with E-state index in [2.05, 4.69) is 13.5 Å². The van der Waals surface area contributed by atoms with Gasteiger partial charge in [-0.25, -0.2) is 0 Å². The van der Waals surface area contributed by atoms with Crippen LogP contribution in [0.4, 0.5) is 0 Å². The van der Waals surface area contributed by atoms with E-state index in [4.69, 9.17) is 4.74 Å². The molecule has 1 aromatic carbocycles. The maximum atomic E-state index is 9.40. The molecule has 0 saturated heterocycles. The van der Waals surface area contributed by atoms with E-state index in [1.54, 1.807) is 12.1 Å². The third-order valence-corrected chi connectivity index (χ3v) is 2.44. The van der Waals surface area contributed by atoms with Gasteiger partial charge in [0.05, 0.1) is 5.76 Å². The predicted molar refractivity (Wildman–Crippen MR) is 71.0 cm³/mol. The second-order valence-electron chi connectivity index (χ2n) is 5.46. The van der Waals surface area contributed by atoms with Crippen molar-refractivity contribution in [2.45, 2.75) is 39.7 Å². The Bertz CT molecular complexity index is 388. The molecule has 0 aromatic heterocycles. The standard InChI is InChI=1S/C15H22O2/c1-11(12(2)17-15(3,4)5)9-13-7-6-8-14(16)10-13/h6-8,10-11,16H,2,9H2,1,3-5H3. The molecule has 17 heavy (non-hydrogen) atoms. The molecule has 2 nitrogen and oxygen atoms in total. The average molecular weight is 234 g/mol. The SMILES string of the molecule is C=C(OC(C)(C)C)C(C)Cc1cccc(O)c1. The zero-order valence-corrected chi connectivity index (χ0v) is 11.2. The number of aromatic hydroxyl groups is 1. The molecule has 0 saturated carbocycles. The van der Waals surface area contributed by atoms with Crippen LogP contribution >= 0.6 is 0 Å². The molecule has 0 amide bonds. The zero-order valence-electron chi connectivity index (χ0n) is 11.2. The van der Waals surface area contributed by atoms with Gasteiger partial charge in [-0.2, -0.15) is 0 Å². The molecule has 0 bridgehead atoms. The van der Waals surface area contributed by atoms with E-state index < -0.39 is 0 Å². The smallest absolute Gasteiger partial charge is 0.115 e. The van der Waals surface area contributed by atoms with E-state index in [9.17, 15) is 5.11 Å². The van der Waals surface area contributed by atoms with E-state index in [-0.39, 0.29) is 11.5 Å². The summed E-state index contributed by atoms with van der Waals surface area (Å²) in [6.07, 6.45) is 0.823. The molecule has 2 heteroatoms. The molecule has 0 heterocycles. The lowest BCUT2D eigenvalue weighted by molar-refractivity contribution is 0.0368. The van der Waals surface area contributed by atoms with Gasteiger partial charge in [0.15, 0.2) is 0 Å². The average Bonchev–Trinajstić information content (AvgIpc) is 2.14. The number of phenols is 1. The normalized spacial score (nSPS) is 13.2. The first-order valence-electron chi connectivity index (χ1n) is 5.93. The summed E-state index contributed by atoms with van der Waals surface area (Å²) in [6.45, 7) is 12.1. The van der Waals surface area contributed by atoms with Crippen molar-refractivity contribution in [1.29, 1.82) is 0 Å². The number of allylic oxidation sites excluding steroid dienone is 1. The van der Waals surface area contributed by atoms with Gasteiger partial charge in [0.1, 0.15) is 11.4 Å². The Kier molecular flexibility index (Phi) is 4.22. The maximum Gasteiger partial charge on any atom is 0.115 e. The van der Waals surface area contributed by atoms with Crippen LogP contribution in [0.3, 0.4) is 0 Å². The lowest BCUT2D eigenvalue weighted by atomic mass is 9.99. The summed E-state index contributed by atoms with van der Waals surface area (Å²) < 4.78 is 5.74. The topological polar surface area (TPSA) is 29.5 Å². The summed E-state index contributed by atoms with van der Waals surface area (Å²) in [5.74, 6) is 1.33. The molecule has 94 valence electrons. The molecule has 0 aliphatic carbocycles. The lowest BCUT2D eigenvalue weighted by Gasteiger charge is -2.26. The number of benzene rings is 1. The van der Waals surface area contributed by atoms with Crippen LogP contribution in [0, 0.1) is 5.92 Å². The van der Waals surface area contributed by atoms with Gasteiger partial charge in [-0.1, -0.05) is 25.6 Å². The highest BCUT2D eigenvalue weighted by Crippen LogP contribution is 2.23. The van der Waals surface area contributed by atoms with Gasteiger partial charge in [-0.3, -0.25) is 0 Å². The summed E-state index contributed by atoms with van der Waals surface area (Å²) >= 11 is 0. The highest BCUT2D eigenvalue weighted by atomic mass is 16.5. The van der Waals surface area contributed by atoms with Crippen molar-refractivity contribution < 1.29 is 9.84 Å². The van der Waals surface area contributed by atoms with Crippen molar-refractivity contribution in [3.63, 3.8) is 0 Å². The Morgan fingerprint density at radius 2 is 2.06 bits per heavy atom. The Hall–Kier alpha value is -1.44. The first kappa shape index (κ1) is 13.6. The van der Waals surface area contributed by atoms with Crippen LogP contribution in [0.1, 0.15) is 33.3 Å². The van der Waals surface area contributed by atoms with Gasteiger partial charge in [-0.05, 0) is 44.9 Å². The minimum Gasteiger partial charge on any atom is -0.508 e. The van der Waals surface area contributed by atoms with Crippen LogP contribution in [0.2, 0.25) is 0 Å². The maximum absolute atomic E-state index is 9.40. The second-order valence-corrected chi connectivity index (χ2v) is 5.46. The Balaban J connectivity index is 2.60. The second kappa shape index (κ2) is 5.26. The van der Waals surface area contributed by atoms with Gasteiger partial charge in [0, 0.05) is 5.92 Å². The molecule has 1 rings (SSSR count). The van der Waals surface area contributed by atoms with Gasteiger partial charge < -0.3 is 9.84 Å². The molecular weight excluding hydrogens is 212 g/mol. The number of hydrogen-bond donors (Lipinski definition) is 1. The number of ether oxygens (including phenoxy) is 1. The fourth-order valence-corrected chi connectivity index (χ4v) is 1.64. The molecule has 1 aromatic rings. The predicted octanol–water partition coefficient (Wildman–Crippen LogP) is 3.90. The Morgan fingerprint density at radius 3 is 2.59 bits per heavy atom. The van der Waals surface area contributed by atoms with Gasteiger partial charge in [0.2, 0.25) is 0 Å². The van der Waals surface area contributed by atoms with Crippen molar-refractivity contribution in [1.82, 2.24) is 0 Å². The van der Waals surface area contributed by atoms with Crippen molar-refractivity contribution in [2.24, 2.45) is 5.92 Å². The monoisotopic (exact) mass is 234 g/mol. The highest BCUT2D eigenvalue weighted by molar-refractivity contribution is 5.27. The molecule has 0 radical (unpaired) electrons. The lowest BCUT2D eigenvalue weighted by Crippen LogP contribution is -2.21. The minimum atomic E-state index is -0.204. The first-order chi connectivity index (χ1) is 7.78. The Morgan fingerprint density at radius 1 is 1.41 bits per heavy atom. The summed E-state index contributed by atoms with van der Waals surface area (Å²) in [5.41, 5.74) is 0.889.